The molecular formula is C16H20N2O2S. The van der Waals surface area contributed by atoms with Crippen LogP contribution in [0.15, 0.2) is 24.3 Å². The lowest BCUT2D eigenvalue weighted by atomic mass is 10.1. The molecule has 5 heteroatoms. The standard InChI is InChI=1S/C16H20N2O2S/c1-5-20-16(19)13-8-6-12(7-9-13)14-11(3)21-15(18-14)10(2)17-4/h6-10,17H,5H2,1-4H3. The molecule has 1 unspecified atom stereocenters. The van der Waals surface area contributed by atoms with Crippen LogP contribution < -0.4 is 5.32 Å². The summed E-state index contributed by atoms with van der Waals surface area (Å²) >= 11 is 1.70. The van der Waals surface area contributed by atoms with Crippen LogP contribution in [0.2, 0.25) is 0 Å². The average Bonchev–Trinajstić information content (AvgIpc) is 2.89. The third-order valence-electron chi connectivity index (χ3n) is 3.29. The molecule has 1 atom stereocenters. The Labute approximate surface area is 129 Å². The highest BCUT2D eigenvalue weighted by atomic mass is 32.1. The first-order valence-electron chi connectivity index (χ1n) is 6.99. The quantitative estimate of drug-likeness (QED) is 0.858. The summed E-state index contributed by atoms with van der Waals surface area (Å²) < 4.78 is 4.99. The van der Waals surface area contributed by atoms with Crippen molar-refractivity contribution in [3.63, 3.8) is 0 Å². The van der Waals surface area contributed by atoms with Crippen molar-refractivity contribution in [2.45, 2.75) is 26.8 Å². The summed E-state index contributed by atoms with van der Waals surface area (Å²) in [4.78, 5) is 17.5. The topological polar surface area (TPSA) is 51.2 Å². The van der Waals surface area contributed by atoms with E-state index in [4.69, 9.17) is 9.72 Å². The molecule has 1 aromatic heterocycles. The Hall–Kier alpha value is -1.72. The van der Waals surface area contributed by atoms with Crippen molar-refractivity contribution < 1.29 is 9.53 Å². The third kappa shape index (κ3) is 3.49. The summed E-state index contributed by atoms with van der Waals surface area (Å²) in [6.45, 7) is 6.34. The zero-order valence-corrected chi connectivity index (χ0v) is 13.6. The fourth-order valence-corrected chi connectivity index (χ4v) is 2.98. The monoisotopic (exact) mass is 304 g/mol. The molecule has 4 nitrogen and oxygen atoms in total. The second-order valence-corrected chi connectivity index (χ2v) is 6.00. The van der Waals surface area contributed by atoms with Crippen LogP contribution in [0.4, 0.5) is 0 Å². The van der Waals surface area contributed by atoms with Crippen LogP contribution in [0.5, 0.6) is 0 Å². The molecule has 0 spiro atoms. The van der Waals surface area contributed by atoms with Gasteiger partial charge in [0.1, 0.15) is 5.01 Å². The second kappa shape index (κ2) is 6.83. The smallest absolute Gasteiger partial charge is 0.338 e. The van der Waals surface area contributed by atoms with Crippen molar-refractivity contribution in [1.29, 1.82) is 0 Å². The van der Waals surface area contributed by atoms with Gasteiger partial charge in [0.05, 0.1) is 23.9 Å². The lowest BCUT2D eigenvalue weighted by molar-refractivity contribution is 0.0526. The van der Waals surface area contributed by atoms with Crippen LogP contribution in [0, 0.1) is 6.92 Å². The van der Waals surface area contributed by atoms with Gasteiger partial charge in [0.2, 0.25) is 0 Å². The molecule has 1 heterocycles. The highest BCUT2D eigenvalue weighted by molar-refractivity contribution is 7.12. The summed E-state index contributed by atoms with van der Waals surface area (Å²) in [5.41, 5.74) is 2.57. The zero-order valence-electron chi connectivity index (χ0n) is 12.8. The van der Waals surface area contributed by atoms with Crippen molar-refractivity contribution in [1.82, 2.24) is 10.3 Å². The van der Waals surface area contributed by atoms with Crippen molar-refractivity contribution in [3.05, 3.63) is 39.7 Å². The molecule has 1 aromatic carbocycles. The first-order chi connectivity index (χ1) is 10.1. The Kier molecular flexibility index (Phi) is 5.09. The molecule has 0 aliphatic carbocycles. The SMILES string of the molecule is CCOC(=O)c1ccc(-c2nc(C(C)NC)sc2C)cc1. The van der Waals surface area contributed by atoms with Crippen molar-refractivity contribution in [2.24, 2.45) is 0 Å². The van der Waals surface area contributed by atoms with E-state index in [2.05, 4.69) is 19.2 Å². The van der Waals surface area contributed by atoms with Gasteiger partial charge in [0, 0.05) is 10.4 Å². The molecule has 0 saturated heterocycles. The Balaban J connectivity index is 2.26. The predicted molar refractivity (Wildman–Crippen MR) is 85.7 cm³/mol. The first kappa shape index (κ1) is 15.7. The predicted octanol–water partition coefficient (Wildman–Crippen LogP) is 3.58. The van der Waals surface area contributed by atoms with E-state index in [0.717, 1.165) is 16.3 Å². The molecule has 21 heavy (non-hydrogen) atoms. The van der Waals surface area contributed by atoms with Gasteiger partial charge in [-0.25, -0.2) is 9.78 Å². The van der Waals surface area contributed by atoms with Gasteiger partial charge in [0.25, 0.3) is 0 Å². The van der Waals surface area contributed by atoms with Crippen molar-refractivity contribution >= 4 is 17.3 Å². The number of nitrogens with one attached hydrogen (secondary N) is 1. The lowest BCUT2D eigenvalue weighted by Crippen LogP contribution is -2.11. The van der Waals surface area contributed by atoms with Crippen LogP contribution in [0.1, 0.15) is 40.1 Å². The number of carbonyl (C=O) groups excluding carboxylic acids is 1. The van der Waals surface area contributed by atoms with E-state index in [0.29, 0.717) is 12.2 Å². The summed E-state index contributed by atoms with van der Waals surface area (Å²) in [7, 11) is 1.93. The number of nitrogens with zero attached hydrogens (tertiary/aromatic N) is 1. The number of aryl methyl sites for hydroxylation is 1. The van der Waals surface area contributed by atoms with Crippen LogP contribution in [0.25, 0.3) is 11.3 Å². The molecule has 0 bridgehead atoms. The van der Waals surface area contributed by atoms with Crippen LogP contribution in [0.3, 0.4) is 0 Å². The molecule has 0 radical (unpaired) electrons. The lowest BCUT2D eigenvalue weighted by Gasteiger charge is -2.05. The van der Waals surface area contributed by atoms with E-state index in [1.54, 1.807) is 30.4 Å². The number of aromatic nitrogens is 1. The highest BCUT2D eigenvalue weighted by Crippen LogP contribution is 2.30. The van der Waals surface area contributed by atoms with E-state index in [1.807, 2.05) is 19.2 Å². The minimum Gasteiger partial charge on any atom is -0.462 e. The number of carbonyl (C=O) groups is 1. The van der Waals surface area contributed by atoms with Gasteiger partial charge < -0.3 is 10.1 Å². The first-order valence-corrected chi connectivity index (χ1v) is 7.80. The van der Waals surface area contributed by atoms with Gasteiger partial charge in [-0.15, -0.1) is 11.3 Å². The highest BCUT2D eigenvalue weighted by Gasteiger charge is 2.14. The number of rotatable bonds is 5. The van der Waals surface area contributed by atoms with Gasteiger partial charge in [-0.2, -0.15) is 0 Å². The number of hydrogen-bond acceptors (Lipinski definition) is 5. The molecule has 2 rings (SSSR count). The van der Waals surface area contributed by atoms with Gasteiger partial charge in [-0.1, -0.05) is 12.1 Å². The molecule has 0 amide bonds. The Morgan fingerprint density at radius 1 is 1.38 bits per heavy atom. The van der Waals surface area contributed by atoms with E-state index in [1.165, 1.54) is 4.88 Å². The van der Waals surface area contributed by atoms with Crippen LogP contribution in [-0.2, 0) is 4.74 Å². The minimum atomic E-state index is -0.288. The number of hydrogen-bond donors (Lipinski definition) is 1. The molecular weight excluding hydrogens is 284 g/mol. The molecule has 112 valence electrons. The van der Waals surface area contributed by atoms with E-state index >= 15 is 0 Å². The number of esters is 1. The third-order valence-corrected chi connectivity index (χ3v) is 4.44. The average molecular weight is 304 g/mol. The normalized spacial score (nSPS) is 12.2. The molecule has 0 aliphatic rings. The van der Waals surface area contributed by atoms with Gasteiger partial charge >= 0.3 is 5.97 Å². The fourth-order valence-electron chi connectivity index (χ4n) is 1.97. The molecule has 2 aromatic rings. The van der Waals surface area contributed by atoms with Crippen LogP contribution in [-0.4, -0.2) is 24.6 Å². The van der Waals surface area contributed by atoms with Gasteiger partial charge in [-0.3, -0.25) is 0 Å². The number of benzene rings is 1. The summed E-state index contributed by atoms with van der Waals surface area (Å²) in [5.74, 6) is -0.288. The molecule has 0 saturated carbocycles. The summed E-state index contributed by atoms with van der Waals surface area (Å²) in [6.07, 6.45) is 0. The van der Waals surface area contributed by atoms with E-state index in [9.17, 15) is 4.79 Å². The maximum absolute atomic E-state index is 11.6. The van der Waals surface area contributed by atoms with E-state index in [-0.39, 0.29) is 12.0 Å². The van der Waals surface area contributed by atoms with Crippen molar-refractivity contribution in [3.8, 4) is 11.3 Å². The van der Waals surface area contributed by atoms with Crippen LogP contribution >= 0.6 is 11.3 Å². The largest absolute Gasteiger partial charge is 0.462 e. The Morgan fingerprint density at radius 2 is 2.05 bits per heavy atom. The maximum Gasteiger partial charge on any atom is 0.338 e. The Morgan fingerprint density at radius 3 is 2.62 bits per heavy atom. The molecule has 0 fully saturated rings. The number of thiazole rings is 1. The van der Waals surface area contributed by atoms with Gasteiger partial charge in [-0.05, 0) is 40.0 Å². The number of ether oxygens (including phenoxy) is 1. The molecule has 1 N–H and O–H groups in total. The fraction of sp³-hybridized carbons (Fsp3) is 0.375. The van der Waals surface area contributed by atoms with Crippen molar-refractivity contribution in [2.75, 3.05) is 13.7 Å². The minimum absolute atomic E-state index is 0.237. The van der Waals surface area contributed by atoms with Gasteiger partial charge in [0.15, 0.2) is 0 Å². The summed E-state index contributed by atoms with van der Waals surface area (Å²) in [5, 5.41) is 4.27. The second-order valence-electron chi connectivity index (χ2n) is 4.77. The molecule has 0 aliphatic heterocycles. The van der Waals surface area contributed by atoms with E-state index < -0.39 is 0 Å². The zero-order chi connectivity index (χ0) is 15.4. The Bertz CT molecular complexity index is 620. The maximum atomic E-state index is 11.6. The summed E-state index contributed by atoms with van der Waals surface area (Å²) in [6, 6.07) is 7.64.